The Balaban J connectivity index is 1.84. The summed E-state index contributed by atoms with van der Waals surface area (Å²) in [5.41, 5.74) is 3.47. The number of nitrogens with one attached hydrogen (secondary N) is 1. The van der Waals surface area contributed by atoms with E-state index in [1.165, 1.54) is 83.5 Å². The second-order valence-corrected chi connectivity index (χ2v) is 8.48. The first kappa shape index (κ1) is 25.7. The van der Waals surface area contributed by atoms with Crippen LogP contribution in [-0.2, 0) is 4.79 Å². The number of hydrazone groups is 1. The first-order valence-corrected chi connectivity index (χ1v) is 12.2. The Hall–Kier alpha value is -1.35. The number of amides is 1. The molecule has 1 aromatic rings. The SMILES string of the molecule is CCCCCCCCCCCCCCCCCC(=O)N/N=C/c1cccc(Cl)c1. The lowest BCUT2D eigenvalue weighted by Gasteiger charge is -2.03. The predicted octanol–water partition coefficient (Wildman–Crippen LogP) is 8.05. The van der Waals surface area contributed by atoms with Crippen molar-refractivity contribution in [1.29, 1.82) is 0 Å². The predicted molar refractivity (Wildman–Crippen MR) is 127 cm³/mol. The van der Waals surface area contributed by atoms with E-state index < -0.39 is 0 Å². The van der Waals surface area contributed by atoms with Gasteiger partial charge in [0.2, 0.25) is 5.91 Å². The van der Waals surface area contributed by atoms with Gasteiger partial charge in [0, 0.05) is 11.4 Å². The maximum Gasteiger partial charge on any atom is 0.240 e. The van der Waals surface area contributed by atoms with Gasteiger partial charge in [-0.1, -0.05) is 121 Å². The van der Waals surface area contributed by atoms with Gasteiger partial charge in [-0.3, -0.25) is 4.79 Å². The van der Waals surface area contributed by atoms with E-state index in [2.05, 4.69) is 17.5 Å². The van der Waals surface area contributed by atoms with Crippen LogP contribution in [0.2, 0.25) is 5.02 Å². The van der Waals surface area contributed by atoms with Crippen LogP contribution in [0, 0.1) is 0 Å². The first-order chi connectivity index (χ1) is 14.2. The molecular formula is C25H41ClN2O. The molecule has 3 nitrogen and oxygen atoms in total. The summed E-state index contributed by atoms with van der Waals surface area (Å²) in [6.07, 6.45) is 22.1. The van der Waals surface area contributed by atoms with Crippen molar-refractivity contribution in [3.8, 4) is 0 Å². The Bertz CT molecular complexity index is 560. The van der Waals surface area contributed by atoms with Crippen molar-refractivity contribution in [3.63, 3.8) is 0 Å². The zero-order chi connectivity index (χ0) is 21.0. The van der Waals surface area contributed by atoms with Gasteiger partial charge in [0.15, 0.2) is 0 Å². The van der Waals surface area contributed by atoms with E-state index in [0.29, 0.717) is 11.4 Å². The van der Waals surface area contributed by atoms with Crippen molar-refractivity contribution in [1.82, 2.24) is 5.43 Å². The number of rotatable bonds is 18. The van der Waals surface area contributed by atoms with Gasteiger partial charge in [0.05, 0.1) is 6.21 Å². The molecule has 0 radical (unpaired) electrons. The maximum absolute atomic E-state index is 11.8. The highest BCUT2D eigenvalue weighted by atomic mass is 35.5. The summed E-state index contributed by atoms with van der Waals surface area (Å²) in [5, 5.41) is 4.65. The van der Waals surface area contributed by atoms with E-state index in [0.717, 1.165) is 18.4 Å². The van der Waals surface area contributed by atoms with Gasteiger partial charge in [0.25, 0.3) is 0 Å². The van der Waals surface area contributed by atoms with Crippen LogP contribution in [0.15, 0.2) is 29.4 Å². The van der Waals surface area contributed by atoms with Crippen LogP contribution in [-0.4, -0.2) is 12.1 Å². The molecule has 0 bridgehead atoms. The number of halogens is 1. The molecule has 0 aliphatic rings. The molecule has 0 unspecified atom stereocenters. The average Bonchev–Trinajstić information content (AvgIpc) is 2.71. The summed E-state index contributed by atoms with van der Waals surface area (Å²) < 4.78 is 0. The van der Waals surface area contributed by atoms with Crippen LogP contribution in [0.5, 0.6) is 0 Å². The first-order valence-electron chi connectivity index (χ1n) is 11.8. The molecule has 0 saturated carbocycles. The minimum atomic E-state index is -0.0158. The minimum Gasteiger partial charge on any atom is -0.273 e. The topological polar surface area (TPSA) is 41.5 Å². The number of unbranched alkanes of at least 4 members (excludes halogenated alkanes) is 14. The molecule has 4 heteroatoms. The van der Waals surface area contributed by atoms with Crippen molar-refractivity contribution in [2.75, 3.05) is 0 Å². The highest BCUT2D eigenvalue weighted by Crippen LogP contribution is 2.13. The van der Waals surface area contributed by atoms with Gasteiger partial charge in [0.1, 0.15) is 0 Å². The molecule has 0 spiro atoms. The highest BCUT2D eigenvalue weighted by molar-refractivity contribution is 6.30. The summed E-state index contributed by atoms with van der Waals surface area (Å²) in [5.74, 6) is -0.0158. The van der Waals surface area contributed by atoms with Crippen LogP contribution in [0.1, 0.15) is 115 Å². The molecule has 0 saturated heterocycles. The monoisotopic (exact) mass is 420 g/mol. The fourth-order valence-electron chi connectivity index (χ4n) is 3.48. The van der Waals surface area contributed by atoms with E-state index >= 15 is 0 Å². The Morgan fingerprint density at radius 2 is 1.38 bits per heavy atom. The molecule has 0 heterocycles. The van der Waals surface area contributed by atoms with E-state index in [4.69, 9.17) is 11.6 Å². The number of nitrogens with zero attached hydrogens (tertiary/aromatic N) is 1. The van der Waals surface area contributed by atoms with Gasteiger partial charge < -0.3 is 0 Å². The fourth-order valence-corrected chi connectivity index (χ4v) is 3.68. The molecule has 1 amide bonds. The third-order valence-electron chi connectivity index (χ3n) is 5.26. The lowest BCUT2D eigenvalue weighted by atomic mass is 10.0. The second kappa shape index (κ2) is 18.7. The Morgan fingerprint density at radius 3 is 1.90 bits per heavy atom. The van der Waals surface area contributed by atoms with Gasteiger partial charge >= 0.3 is 0 Å². The second-order valence-electron chi connectivity index (χ2n) is 8.05. The maximum atomic E-state index is 11.8. The standard InChI is InChI=1S/C25H41ClN2O/c1-2-3-4-5-6-7-8-9-10-11-12-13-14-15-16-20-25(29)28-27-22-23-18-17-19-24(26)21-23/h17-19,21-22H,2-16,20H2,1H3,(H,28,29)/b27-22+. The Morgan fingerprint density at radius 1 is 0.862 bits per heavy atom. The smallest absolute Gasteiger partial charge is 0.240 e. The molecule has 29 heavy (non-hydrogen) atoms. The molecule has 0 atom stereocenters. The van der Waals surface area contributed by atoms with Crippen molar-refractivity contribution in [2.24, 2.45) is 5.10 Å². The lowest BCUT2D eigenvalue weighted by Crippen LogP contribution is -2.16. The third kappa shape index (κ3) is 16.2. The fraction of sp³-hybridized carbons (Fsp3) is 0.680. The lowest BCUT2D eigenvalue weighted by molar-refractivity contribution is -0.121. The number of carbonyl (C=O) groups is 1. The van der Waals surface area contributed by atoms with E-state index in [9.17, 15) is 4.79 Å². The molecule has 0 aliphatic heterocycles. The van der Waals surface area contributed by atoms with Gasteiger partial charge in [-0.05, 0) is 24.1 Å². The summed E-state index contributed by atoms with van der Waals surface area (Å²) in [7, 11) is 0. The number of hydrogen-bond acceptors (Lipinski definition) is 2. The van der Waals surface area contributed by atoms with Crippen molar-refractivity contribution in [2.45, 2.75) is 110 Å². The Kier molecular flexibility index (Phi) is 16.5. The van der Waals surface area contributed by atoms with Crippen LogP contribution in [0.25, 0.3) is 0 Å². The van der Waals surface area contributed by atoms with Crippen LogP contribution >= 0.6 is 11.6 Å². The van der Waals surface area contributed by atoms with Crippen LogP contribution < -0.4 is 5.43 Å². The van der Waals surface area contributed by atoms with Gasteiger partial charge in [-0.25, -0.2) is 5.43 Å². The molecule has 1 aromatic carbocycles. The zero-order valence-corrected chi connectivity index (χ0v) is 19.2. The van der Waals surface area contributed by atoms with E-state index in [1.54, 1.807) is 6.21 Å². The largest absolute Gasteiger partial charge is 0.273 e. The molecular weight excluding hydrogens is 380 g/mol. The quantitative estimate of drug-likeness (QED) is 0.145. The third-order valence-corrected chi connectivity index (χ3v) is 5.49. The molecule has 1 rings (SSSR count). The van der Waals surface area contributed by atoms with Crippen LogP contribution in [0.4, 0.5) is 0 Å². The normalized spacial score (nSPS) is 11.2. The summed E-state index contributed by atoms with van der Waals surface area (Å²) in [6.45, 7) is 2.28. The summed E-state index contributed by atoms with van der Waals surface area (Å²) in [6, 6.07) is 7.39. The van der Waals surface area contributed by atoms with E-state index in [1.807, 2.05) is 24.3 Å². The molecule has 0 aromatic heterocycles. The van der Waals surface area contributed by atoms with Crippen molar-refractivity contribution >= 4 is 23.7 Å². The van der Waals surface area contributed by atoms with Crippen molar-refractivity contribution in [3.05, 3.63) is 34.9 Å². The molecule has 0 fully saturated rings. The molecule has 164 valence electrons. The highest BCUT2D eigenvalue weighted by Gasteiger charge is 2.00. The Labute approximate surface area is 183 Å². The number of carbonyl (C=O) groups excluding carboxylic acids is 1. The number of benzene rings is 1. The summed E-state index contributed by atoms with van der Waals surface area (Å²) in [4.78, 5) is 11.8. The zero-order valence-electron chi connectivity index (χ0n) is 18.4. The van der Waals surface area contributed by atoms with Crippen molar-refractivity contribution < 1.29 is 4.79 Å². The minimum absolute atomic E-state index is 0.0158. The average molecular weight is 421 g/mol. The molecule has 0 aliphatic carbocycles. The van der Waals surface area contributed by atoms with E-state index in [-0.39, 0.29) is 5.91 Å². The van der Waals surface area contributed by atoms with Gasteiger partial charge in [-0.2, -0.15) is 5.10 Å². The van der Waals surface area contributed by atoms with Gasteiger partial charge in [-0.15, -0.1) is 0 Å². The molecule has 1 N–H and O–H groups in total. The summed E-state index contributed by atoms with van der Waals surface area (Å²) >= 11 is 5.91. The number of hydrogen-bond donors (Lipinski definition) is 1. The van der Waals surface area contributed by atoms with Crippen LogP contribution in [0.3, 0.4) is 0 Å².